The highest BCUT2D eigenvalue weighted by atomic mass is 19.1. The van der Waals surface area contributed by atoms with Crippen LogP contribution >= 0.6 is 0 Å². The van der Waals surface area contributed by atoms with E-state index in [0.29, 0.717) is 25.6 Å². The quantitative estimate of drug-likeness (QED) is 0.576. The van der Waals surface area contributed by atoms with E-state index in [1.807, 2.05) is 6.92 Å². The first-order valence-electron chi connectivity index (χ1n) is 6.43. The van der Waals surface area contributed by atoms with E-state index in [2.05, 4.69) is 25.9 Å². The molecule has 0 aliphatic carbocycles. The summed E-state index contributed by atoms with van der Waals surface area (Å²) in [6.07, 6.45) is 1.32. The van der Waals surface area contributed by atoms with Crippen molar-refractivity contribution in [2.75, 3.05) is 44.0 Å². The third kappa shape index (κ3) is 5.79. The second-order valence-electron chi connectivity index (χ2n) is 3.94. The number of nitrogens with one attached hydrogen (secondary N) is 3. The van der Waals surface area contributed by atoms with Gasteiger partial charge in [0.15, 0.2) is 11.6 Å². The minimum absolute atomic E-state index is 0.0839. The van der Waals surface area contributed by atoms with Gasteiger partial charge in [-0.15, -0.1) is 0 Å². The fraction of sp³-hybridized carbons (Fsp3) is 0.583. The maximum atomic E-state index is 13.5. The van der Waals surface area contributed by atoms with Crippen LogP contribution in [-0.4, -0.2) is 49.2 Å². The van der Waals surface area contributed by atoms with Gasteiger partial charge < -0.3 is 20.7 Å². The van der Waals surface area contributed by atoms with Gasteiger partial charge in [-0.25, -0.2) is 9.37 Å². The molecule has 1 aromatic rings. The lowest BCUT2D eigenvalue weighted by molar-refractivity contribution is -0.121. The zero-order valence-corrected chi connectivity index (χ0v) is 11.7. The zero-order valence-electron chi connectivity index (χ0n) is 11.7. The number of ether oxygens (including phenoxy) is 1. The number of methoxy groups -OCH3 is 1. The summed E-state index contributed by atoms with van der Waals surface area (Å²) in [7, 11) is 1.56. The van der Waals surface area contributed by atoms with Gasteiger partial charge in [-0.1, -0.05) is 0 Å². The molecule has 1 rings (SSSR count). The van der Waals surface area contributed by atoms with E-state index in [4.69, 9.17) is 4.74 Å². The van der Waals surface area contributed by atoms with Crippen molar-refractivity contribution in [3.63, 3.8) is 0 Å². The van der Waals surface area contributed by atoms with Crippen molar-refractivity contribution < 1.29 is 13.9 Å². The van der Waals surface area contributed by atoms with Crippen LogP contribution in [0.3, 0.4) is 0 Å². The molecule has 3 N–H and O–H groups in total. The monoisotopic (exact) mass is 285 g/mol. The smallest absolute Gasteiger partial charge is 0.224 e. The molecular formula is C12H20FN5O2. The lowest BCUT2D eigenvalue weighted by atomic mass is 10.4. The molecule has 112 valence electrons. The maximum absolute atomic E-state index is 13.5. The summed E-state index contributed by atoms with van der Waals surface area (Å²) < 4.78 is 18.3. The SMILES string of the molecule is CCNc1ncc(F)c(NCCC(=O)NCCOC)n1. The average Bonchev–Trinajstić information content (AvgIpc) is 2.43. The van der Waals surface area contributed by atoms with E-state index in [9.17, 15) is 9.18 Å². The van der Waals surface area contributed by atoms with Crippen LogP contribution in [-0.2, 0) is 9.53 Å². The molecule has 1 heterocycles. The number of nitrogens with zero attached hydrogens (tertiary/aromatic N) is 2. The Kier molecular flexibility index (Phi) is 7.26. The van der Waals surface area contributed by atoms with Crippen molar-refractivity contribution in [3.05, 3.63) is 12.0 Å². The molecule has 8 heteroatoms. The Bertz CT molecular complexity index is 430. The molecule has 1 aromatic heterocycles. The molecule has 0 radical (unpaired) electrons. The molecule has 0 bridgehead atoms. The highest BCUT2D eigenvalue weighted by molar-refractivity contribution is 5.76. The molecule has 0 aliphatic heterocycles. The molecule has 0 saturated carbocycles. The summed E-state index contributed by atoms with van der Waals surface area (Å²) >= 11 is 0. The van der Waals surface area contributed by atoms with E-state index < -0.39 is 5.82 Å². The number of carbonyl (C=O) groups excluding carboxylic acids is 1. The summed E-state index contributed by atoms with van der Waals surface area (Å²) in [5.74, 6) is -0.246. The highest BCUT2D eigenvalue weighted by Gasteiger charge is 2.07. The van der Waals surface area contributed by atoms with Crippen LogP contribution < -0.4 is 16.0 Å². The van der Waals surface area contributed by atoms with Gasteiger partial charge in [0.2, 0.25) is 11.9 Å². The number of rotatable bonds is 9. The Labute approximate surface area is 117 Å². The van der Waals surface area contributed by atoms with Crippen molar-refractivity contribution in [2.24, 2.45) is 0 Å². The normalized spacial score (nSPS) is 10.2. The maximum Gasteiger partial charge on any atom is 0.224 e. The van der Waals surface area contributed by atoms with Crippen LogP contribution in [0.1, 0.15) is 13.3 Å². The van der Waals surface area contributed by atoms with Crippen LogP contribution in [0.4, 0.5) is 16.2 Å². The topological polar surface area (TPSA) is 88.2 Å². The fourth-order valence-corrected chi connectivity index (χ4v) is 1.41. The second kappa shape index (κ2) is 9.03. The van der Waals surface area contributed by atoms with E-state index in [1.54, 1.807) is 7.11 Å². The lowest BCUT2D eigenvalue weighted by Gasteiger charge is -2.08. The van der Waals surface area contributed by atoms with E-state index >= 15 is 0 Å². The number of halogens is 1. The van der Waals surface area contributed by atoms with Crippen molar-refractivity contribution in [1.82, 2.24) is 15.3 Å². The highest BCUT2D eigenvalue weighted by Crippen LogP contribution is 2.11. The lowest BCUT2D eigenvalue weighted by Crippen LogP contribution is -2.28. The predicted octanol–water partition coefficient (Wildman–Crippen LogP) is 0.612. The Morgan fingerprint density at radius 3 is 2.90 bits per heavy atom. The second-order valence-corrected chi connectivity index (χ2v) is 3.94. The van der Waals surface area contributed by atoms with E-state index in [-0.39, 0.29) is 24.7 Å². The van der Waals surface area contributed by atoms with Gasteiger partial charge in [-0.3, -0.25) is 4.79 Å². The molecule has 0 aromatic carbocycles. The van der Waals surface area contributed by atoms with Crippen LogP contribution in [0.15, 0.2) is 6.20 Å². The number of hydrogen-bond donors (Lipinski definition) is 3. The Hall–Kier alpha value is -1.96. The van der Waals surface area contributed by atoms with Gasteiger partial charge in [-0.05, 0) is 6.92 Å². The fourth-order valence-electron chi connectivity index (χ4n) is 1.41. The molecule has 0 unspecified atom stereocenters. The molecule has 1 amide bonds. The minimum atomic E-state index is -0.550. The summed E-state index contributed by atoms with van der Waals surface area (Å²) in [5, 5.41) is 8.33. The molecule has 0 atom stereocenters. The van der Waals surface area contributed by atoms with Gasteiger partial charge in [0, 0.05) is 33.2 Å². The summed E-state index contributed by atoms with van der Waals surface area (Å²) in [5.41, 5.74) is 0. The van der Waals surface area contributed by atoms with Crippen molar-refractivity contribution in [3.8, 4) is 0 Å². The third-order valence-electron chi connectivity index (χ3n) is 2.35. The molecule has 0 spiro atoms. The Morgan fingerprint density at radius 2 is 2.20 bits per heavy atom. The molecule has 0 aliphatic rings. The van der Waals surface area contributed by atoms with Gasteiger partial charge in [0.1, 0.15) is 0 Å². The van der Waals surface area contributed by atoms with Crippen molar-refractivity contribution >= 4 is 17.7 Å². The molecule has 7 nitrogen and oxygen atoms in total. The van der Waals surface area contributed by atoms with Crippen LogP contribution in [0, 0.1) is 5.82 Å². The molecular weight excluding hydrogens is 265 g/mol. The predicted molar refractivity (Wildman–Crippen MR) is 74.1 cm³/mol. The largest absolute Gasteiger partial charge is 0.383 e. The van der Waals surface area contributed by atoms with Gasteiger partial charge in [0.05, 0.1) is 12.8 Å². The number of amides is 1. The van der Waals surface area contributed by atoms with Gasteiger partial charge in [-0.2, -0.15) is 4.98 Å². The number of anilines is 2. The molecule has 0 fully saturated rings. The summed E-state index contributed by atoms with van der Waals surface area (Å²) in [4.78, 5) is 19.2. The van der Waals surface area contributed by atoms with Crippen LogP contribution in [0.25, 0.3) is 0 Å². The van der Waals surface area contributed by atoms with Crippen LogP contribution in [0.2, 0.25) is 0 Å². The zero-order chi connectivity index (χ0) is 14.8. The first kappa shape index (κ1) is 16.1. The number of aromatic nitrogens is 2. The number of hydrogen-bond acceptors (Lipinski definition) is 6. The van der Waals surface area contributed by atoms with Crippen molar-refractivity contribution in [1.29, 1.82) is 0 Å². The number of carbonyl (C=O) groups is 1. The minimum Gasteiger partial charge on any atom is -0.383 e. The van der Waals surface area contributed by atoms with Crippen molar-refractivity contribution in [2.45, 2.75) is 13.3 Å². The summed E-state index contributed by atoms with van der Waals surface area (Å²) in [6, 6.07) is 0. The Morgan fingerprint density at radius 1 is 1.40 bits per heavy atom. The van der Waals surface area contributed by atoms with Gasteiger partial charge in [0.25, 0.3) is 0 Å². The van der Waals surface area contributed by atoms with Gasteiger partial charge >= 0.3 is 0 Å². The Balaban J connectivity index is 2.37. The standard InChI is InChI=1S/C12H20FN5O2/c1-3-14-12-17-8-9(13)11(18-12)16-5-4-10(19)15-6-7-20-2/h8H,3-7H2,1-2H3,(H,15,19)(H2,14,16,17,18). The first-order valence-corrected chi connectivity index (χ1v) is 6.43. The average molecular weight is 285 g/mol. The molecule has 20 heavy (non-hydrogen) atoms. The van der Waals surface area contributed by atoms with Crippen LogP contribution in [0.5, 0.6) is 0 Å². The van der Waals surface area contributed by atoms with E-state index in [1.165, 1.54) is 0 Å². The molecule has 0 saturated heterocycles. The third-order valence-corrected chi connectivity index (χ3v) is 2.35. The van der Waals surface area contributed by atoms with E-state index in [0.717, 1.165) is 6.20 Å². The summed E-state index contributed by atoms with van der Waals surface area (Å²) in [6.45, 7) is 3.75. The first-order chi connectivity index (χ1) is 9.67.